The molecule has 0 unspecified atom stereocenters. The summed E-state index contributed by atoms with van der Waals surface area (Å²) in [7, 11) is 0. The van der Waals surface area contributed by atoms with E-state index in [0.29, 0.717) is 28.1 Å². The SMILES string of the molecule is O=C(OCc1nnc(-c2cc3c(s2)CCCC3)o1)c1cccc(CN2C(=O)c3ccccc3C2=O)c1. The molecule has 180 valence electrons. The average Bonchev–Trinajstić information content (AvgIpc) is 3.61. The first-order valence-corrected chi connectivity index (χ1v) is 12.5. The molecule has 4 aromatic rings. The van der Waals surface area contributed by atoms with Crippen molar-refractivity contribution in [2.24, 2.45) is 0 Å². The lowest BCUT2D eigenvalue weighted by Gasteiger charge is -2.14. The predicted molar refractivity (Wildman–Crippen MR) is 130 cm³/mol. The minimum absolute atomic E-state index is 0.0608. The van der Waals surface area contributed by atoms with Crippen LogP contribution in [0.2, 0.25) is 0 Å². The molecule has 2 amide bonds. The third kappa shape index (κ3) is 4.11. The van der Waals surface area contributed by atoms with E-state index in [1.165, 1.54) is 28.2 Å². The molecule has 36 heavy (non-hydrogen) atoms. The molecule has 2 aliphatic rings. The minimum Gasteiger partial charge on any atom is -0.452 e. The highest BCUT2D eigenvalue weighted by atomic mass is 32.1. The molecule has 0 atom stereocenters. The Balaban J connectivity index is 1.10. The lowest BCUT2D eigenvalue weighted by molar-refractivity contribution is 0.0438. The number of carbonyl (C=O) groups excluding carboxylic acids is 3. The number of carbonyl (C=O) groups is 3. The largest absolute Gasteiger partial charge is 0.452 e. The van der Waals surface area contributed by atoms with Crippen molar-refractivity contribution in [2.45, 2.75) is 38.8 Å². The van der Waals surface area contributed by atoms with Crippen LogP contribution in [0.25, 0.3) is 10.8 Å². The van der Waals surface area contributed by atoms with Gasteiger partial charge in [-0.05, 0) is 67.1 Å². The second kappa shape index (κ2) is 9.16. The van der Waals surface area contributed by atoms with Crippen LogP contribution in [0.3, 0.4) is 0 Å². The summed E-state index contributed by atoms with van der Waals surface area (Å²) in [6, 6.07) is 15.5. The van der Waals surface area contributed by atoms with Crippen LogP contribution in [0.4, 0.5) is 0 Å². The maximum Gasteiger partial charge on any atom is 0.338 e. The number of amides is 2. The molecule has 0 saturated carbocycles. The number of imide groups is 1. The number of rotatable bonds is 6. The summed E-state index contributed by atoms with van der Waals surface area (Å²) in [5.41, 5.74) is 3.07. The van der Waals surface area contributed by atoms with Crippen LogP contribution in [0, 0.1) is 0 Å². The van der Waals surface area contributed by atoms with Gasteiger partial charge in [0.2, 0.25) is 0 Å². The van der Waals surface area contributed by atoms with Gasteiger partial charge in [0.05, 0.1) is 28.1 Å². The predicted octanol–water partition coefficient (Wildman–Crippen LogP) is 4.83. The third-order valence-corrected chi connectivity index (χ3v) is 7.61. The average molecular weight is 500 g/mol. The molecule has 3 heterocycles. The number of hydrogen-bond donors (Lipinski definition) is 0. The maximum atomic E-state index is 12.7. The van der Waals surface area contributed by atoms with Gasteiger partial charge in [-0.15, -0.1) is 21.5 Å². The van der Waals surface area contributed by atoms with E-state index in [9.17, 15) is 14.4 Å². The lowest BCUT2D eigenvalue weighted by Crippen LogP contribution is -2.29. The quantitative estimate of drug-likeness (QED) is 0.277. The number of thiophene rings is 1. The second-order valence-corrected chi connectivity index (χ2v) is 9.92. The highest BCUT2D eigenvalue weighted by Crippen LogP contribution is 2.35. The van der Waals surface area contributed by atoms with Crippen LogP contribution < -0.4 is 0 Å². The number of aromatic nitrogens is 2. The van der Waals surface area contributed by atoms with E-state index in [1.54, 1.807) is 59.9 Å². The fourth-order valence-corrected chi connectivity index (χ4v) is 5.76. The topological polar surface area (TPSA) is 103 Å². The molecule has 1 aliphatic carbocycles. The Morgan fingerprint density at radius 2 is 1.75 bits per heavy atom. The van der Waals surface area contributed by atoms with E-state index < -0.39 is 5.97 Å². The van der Waals surface area contributed by atoms with Crippen molar-refractivity contribution in [2.75, 3.05) is 0 Å². The van der Waals surface area contributed by atoms with Crippen molar-refractivity contribution >= 4 is 29.1 Å². The standard InChI is InChI=1S/C27H21N3O5S/c31-25-19-9-2-3-10-20(19)26(32)30(25)14-16-6-5-8-18(12-16)27(33)34-15-23-28-29-24(35-23)22-13-17-7-1-4-11-21(17)36-22/h2-3,5-6,8-10,12-13H,1,4,7,11,14-15H2. The lowest BCUT2D eigenvalue weighted by atomic mass is 9.99. The van der Waals surface area contributed by atoms with Gasteiger partial charge in [0.25, 0.3) is 23.6 Å². The summed E-state index contributed by atoms with van der Waals surface area (Å²) >= 11 is 1.68. The smallest absolute Gasteiger partial charge is 0.338 e. The Morgan fingerprint density at radius 3 is 2.53 bits per heavy atom. The summed E-state index contributed by atoms with van der Waals surface area (Å²) in [5.74, 6) is -0.606. The van der Waals surface area contributed by atoms with Crippen molar-refractivity contribution < 1.29 is 23.5 Å². The highest BCUT2D eigenvalue weighted by molar-refractivity contribution is 7.15. The Labute approximate surface area is 210 Å². The maximum absolute atomic E-state index is 12.7. The molecule has 0 N–H and O–H groups in total. The van der Waals surface area contributed by atoms with E-state index in [1.807, 2.05) is 0 Å². The van der Waals surface area contributed by atoms with E-state index in [4.69, 9.17) is 9.15 Å². The van der Waals surface area contributed by atoms with Crippen molar-refractivity contribution in [3.05, 3.63) is 93.2 Å². The van der Waals surface area contributed by atoms with Gasteiger partial charge in [0.15, 0.2) is 6.61 Å². The van der Waals surface area contributed by atoms with Crippen molar-refractivity contribution in [1.29, 1.82) is 0 Å². The molecule has 1 aliphatic heterocycles. The summed E-state index contributed by atoms with van der Waals surface area (Å²) in [4.78, 5) is 41.4. The third-order valence-electron chi connectivity index (χ3n) is 6.38. The first-order valence-electron chi connectivity index (χ1n) is 11.7. The fraction of sp³-hybridized carbons (Fsp3) is 0.222. The molecule has 0 fully saturated rings. The molecule has 0 saturated heterocycles. The van der Waals surface area contributed by atoms with E-state index >= 15 is 0 Å². The second-order valence-electron chi connectivity index (χ2n) is 8.79. The van der Waals surface area contributed by atoms with Gasteiger partial charge in [-0.3, -0.25) is 14.5 Å². The Kier molecular flexibility index (Phi) is 5.69. The zero-order valence-corrected chi connectivity index (χ0v) is 20.0. The number of hydrogen-bond acceptors (Lipinski definition) is 8. The van der Waals surface area contributed by atoms with Crippen LogP contribution in [-0.2, 0) is 30.7 Å². The highest BCUT2D eigenvalue weighted by Gasteiger charge is 2.35. The van der Waals surface area contributed by atoms with Crippen LogP contribution in [0.1, 0.15) is 65.8 Å². The minimum atomic E-state index is -0.564. The first-order chi connectivity index (χ1) is 17.6. The van der Waals surface area contributed by atoms with Gasteiger partial charge in [-0.1, -0.05) is 24.3 Å². The summed E-state index contributed by atoms with van der Waals surface area (Å²) in [6.07, 6.45) is 4.58. The number of esters is 1. The summed E-state index contributed by atoms with van der Waals surface area (Å²) in [6.45, 7) is -0.0924. The molecule has 9 heteroatoms. The zero-order chi connectivity index (χ0) is 24.6. The van der Waals surface area contributed by atoms with Crippen LogP contribution >= 0.6 is 11.3 Å². The van der Waals surface area contributed by atoms with Gasteiger partial charge >= 0.3 is 5.97 Å². The molecular formula is C27H21N3O5S. The zero-order valence-electron chi connectivity index (χ0n) is 19.2. The van der Waals surface area contributed by atoms with Gasteiger partial charge in [-0.25, -0.2) is 4.79 Å². The van der Waals surface area contributed by atoms with Gasteiger partial charge < -0.3 is 9.15 Å². The number of nitrogens with zero attached hydrogens (tertiary/aromatic N) is 3. The summed E-state index contributed by atoms with van der Waals surface area (Å²) in [5, 5.41) is 8.13. The molecular weight excluding hydrogens is 478 g/mol. The molecule has 0 bridgehead atoms. The van der Waals surface area contributed by atoms with E-state index in [-0.39, 0.29) is 30.9 Å². The molecule has 6 rings (SSSR count). The molecule has 0 radical (unpaired) electrons. The van der Waals surface area contributed by atoms with Gasteiger partial charge in [0, 0.05) is 4.88 Å². The number of benzene rings is 2. The van der Waals surface area contributed by atoms with Crippen molar-refractivity contribution in [3.8, 4) is 10.8 Å². The normalized spacial score (nSPS) is 14.6. The van der Waals surface area contributed by atoms with Crippen LogP contribution in [0.5, 0.6) is 0 Å². The van der Waals surface area contributed by atoms with E-state index in [2.05, 4.69) is 16.3 Å². The number of fused-ring (bicyclic) bond motifs is 2. The fourth-order valence-electron chi connectivity index (χ4n) is 4.58. The molecule has 2 aromatic heterocycles. The van der Waals surface area contributed by atoms with Gasteiger partial charge in [0.1, 0.15) is 0 Å². The Morgan fingerprint density at radius 1 is 0.972 bits per heavy atom. The monoisotopic (exact) mass is 499 g/mol. The number of aryl methyl sites for hydroxylation is 2. The van der Waals surface area contributed by atoms with Crippen LogP contribution in [-0.4, -0.2) is 32.9 Å². The molecule has 2 aromatic carbocycles. The van der Waals surface area contributed by atoms with Crippen molar-refractivity contribution in [1.82, 2.24) is 15.1 Å². The number of ether oxygens (including phenoxy) is 1. The van der Waals surface area contributed by atoms with Crippen LogP contribution in [0.15, 0.2) is 59.0 Å². The molecule has 8 nitrogen and oxygen atoms in total. The van der Waals surface area contributed by atoms with Crippen molar-refractivity contribution in [3.63, 3.8) is 0 Å². The first kappa shape index (κ1) is 22.4. The van der Waals surface area contributed by atoms with Gasteiger partial charge in [-0.2, -0.15) is 0 Å². The molecule has 0 spiro atoms. The Bertz CT molecular complexity index is 1450. The van der Waals surface area contributed by atoms with E-state index in [0.717, 1.165) is 17.7 Å². The summed E-state index contributed by atoms with van der Waals surface area (Å²) < 4.78 is 11.1. The Hall–Kier alpha value is -4.11.